The van der Waals surface area contributed by atoms with Gasteiger partial charge in [0.2, 0.25) is 0 Å². The van der Waals surface area contributed by atoms with Crippen LogP contribution in [0.25, 0.3) is 0 Å². The summed E-state index contributed by atoms with van der Waals surface area (Å²) < 4.78 is 5.90. The summed E-state index contributed by atoms with van der Waals surface area (Å²) in [4.78, 5) is 12.5. The lowest BCUT2D eigenvalue weighted by Gasteiger charge is -2.58. The van der Waals surface area contributed by atoms with Crippen molar-refractivity contribution in [2.45, 2.75) is 125 Å². The van der Waals surface area contributed by atoms with E-state index in [-0.39, 0.29) is 12.1 Å². The zero-order valence-corrected chi connectivity index (χ0v) is 24.3. The van der Waals surface area contributed by atoms with E-state index in [1.807, 2.05) is 0 Å². The number of hydrogen-bond donors (Lipinski definition) is 0. The molecule has 0 heterocycles. The fourth-order valence-electron chi connectivity index (χ4n) is 9.13. The van der Waals surface area contributed by atoms with E-state index in [0.29, 0.717) is 21.4 Å². The van der Waals surface area contributed by atoms with E-state index >= 15 is 0 Å². The van der Waals surface area contributed by atoms with Crippen LogP contribution in [-0.4, -0.2) is 12.1 Å². The Hall–Kier alpha value is -0.760. The van der Waals surface area contributed by atoms with Crippen molar-refractivity contribution in [3.8, 4) is 0 Å². The summed E-state index contributed by atoms with van der Waals surface area (Å²) in [6.07, 6.45) is 16.8. The van der Waals surface area contributed by atoms with Crippen LogP contribution in [0.3, 0.4) is 0 Å². The Kier molecular flexibility index (Phi) is 8.22. The molecular formula is C32H51ClO2. The number of carbonyl (C=O) groups excluding carboxylic acids is 1. The van der Waals surface area contributed by atoms with Gasteiger partial charge >= 0.3 is 5.97 Å². The molecule has 0 bridgehead atoms. The van der Waals surface area contributed by atoms with Gasteiger partial charge in [0, 0.05) is 17.0 Å². The van der Waals surface area contributed by atoms with Crippen LogP contribution in [-0.2, 0) is 9.53 Å². The molecule has 4 aliphatic carbocycles. The fourth-order valence-corrected chi connectivity index (χ4v) is 9.21. The molecule has 0 saturated heterocycles. The zero-order valence-electron chi connectivity index (χ0n) is 23.6. The van der Waals surface area contributed by atoms with E-state index in [9.17, 15) is 4.79 Å². The summed E-state index contributed by atoms with van der Waals surface area (Å²) in [5.74, 6) is 4.91. The Labute approximate surface area is 220 Å². The normalized spacial score (nSPS) is 40.3. The second-order valence-corrected chi connectivity index (χ2v) is 14.3. The lowest BCUT2D eigenvalue weighted by atomic mass is 9.47. The minimum Gasteiger partial charge on any atom is -0.459 e. The third-order valence-corrected chi connectivity index (χ3v) is 11.6. The van der Waals surface area contributed by atoms with Crippen molar-refractivity contribution in [2.75, 3.05) is 0 Å². The molecule has 35 heavy (non-hydrogen) atoms. The first-order valence-electron chi connectivity index (χ1n) is 14.7. The topological polar surface area (TPSA) is 26.3 Å². The van der Waals surface area contributed by atoms with Crippen LogP contribution >= 0.6 is 11.6 Å². The molecule has 4 rings (SSSR count). The molecule has 3 fully saturated rings. The lowest BCUT2D eigenvalue weighted by molar-refractivity contribution is -0.146. The summed E-state index contributed by atoms with van der Waals surface area (Å²) in [5, 5.41) is 0.532. The maximum atomic E-state index is 12.5. The third kappa shape index (κ3) is 5.17. The largest absolute Gasteiger partial charge is 0.459 e. The van der Waals surface area contributed by atoms with Crippen molar-refractivity contribution in [3.05, 3.63) is 22.3 Å². The van der Waals surface area contributed by atoms with Gasteiger partial charge in [-0.3, -0.25) is 0 Å². The third-order valence-electron chi connectivity index (χ3n) is 11.4. The SMILES string of the molecule is C/C(Cl)=C(/C)C(=O)O[C@H]1CC[C@@]2(C)C(=CC[C@@H]3[C@H]4CC[C@H]([C@H](C)CCCC(C)C)[C@@]4(C)CC[C@H]32)C1. The first-order chi connectivity index (χ1) is 16.5. The number of rotatable bonds is 7. The predicted octanol–water partition coefficient (Wildman–Crippen LogP) is 9.47. The summed E-state index contributed by atoms with van der Waals surface area (Å²) in [6, 6.07) is 0. The van der Waals surface area contributed by atoms with Gasteiger partial charge in [0.1, 0.15) is 6.10 Å². The second-order valence-electron chi connectivity index (χ2n) is 13.7. The molecule has 0 spiro atoms. The van der Waals surface area contributed by atoms with Gasteiger partial charge in [0.25, 0.3) is 0 Å². The number of carbonyl (C=O) groups is 1. The van der Waals surface area contributed by atoms with Crippen LogP contribution < -0.4 is 0 Å². The van der Waals surface area contributed by atoms with Gasteiger partial charge in [-0.2, -0.15) is 0 Å². The van der Waals surface area contributed by atoms with E-state index in [1.165, 1.54) is 51.4 Å². The lowest BCUT2D eigenvalue weighted by Crippen LogP contribution is -2.51. The van der Waals surface area contributed by atoms with E-state index < -0.39 is 0 Å². The van der Waals surface area contributed by atoms with E-state index in [1.54, 1.807) is 19.4 Å². The zero-order chi connectivity index (χ0) is 25.5. The molecule has 4 aliphatic rings. The van der Waals surface area contributed by atoms with Crippen LogP contribution in [0.4, 0.5) is 0 Å². The van der Waals surface area contributed by atoms with Gasteiger partial charge in [-0.25, -0.2) is 4.79 Å². The maximum absolute atomic E-state index is 12.5. The number of allylic oxidation sites excluding steroid dienone is 2. The van der Waals surface area contributed by atoms with Crippen LogP contribution in [0.1, 0.15) is 119 Å². The molecule has 0 unspecified atom stereocenters. The Balaban J connectivity index is 1.44. The highest BCUT2D eigenvalue weighted by Crippen LogP contribution is 2.67. The standard InChI is InChI=1S/C32H51ClO2/c1-20(2)9-8-10-21(3)27-13-14-28-26-12-11-24-19-25(35-30(34)22(4)23(5)33)15-17-31(24,6)29(26)16-18-32(27,28)7/h11,20-21,25-29H,8-10,12-19H2,1-7H3/b23-22+/t21-,25+,26-,27-,28-,29-,31+,32-/m1/s1. The van der Waals surface area contributed by atoms with Gasteiger partial charge < -0.3 is 4.74 Å². The molecule has 0 amide bonds. The molecule has 198 valence electrons. The number of fused-ring (bicyclic) bond motifs is 5. The molecule has 2 nitrogen and oxygen atoms in total. The fraction of sp³-hybridized carbons (Fsp3) is 0.844. The predicted molar refractivity (Wildman–Crippen MR) is 147 cm³/mol. The summed E-state index contributed by atoms with van der Waals surface area (Å²) in [6.45, 7) is 16.0. The smallest absolute Gasteiger partial charge is 0.335 e. The average Bonchev–Trinajstić information content (AvgIpc) is 3.15. The van der Waals surface area contributed by atoms with Crippen LogP contribution in [0.5, 0.6) is 0 Å². The highest BCUT2D eigenvalue weighted by atomic mass is 35.5. The van der Waals surface area contributed by atoms with Crippen molar-refractivity contribution < 1.29 is 9.53 Å². The minimum absolute atomic E-state index is 0.000692. The van der Waals surface area contributed by atoms with Crippen molar-refractivity contribution in [1.29, 1.82) is 0 Å². The number of hydrogen-bond acceptors (Lipinski definition) is 2. The summed E-state index contributed by atoms with van der Waals surface area (Å²) in [5.41, 5.74) is 2.95. The van der Waals surface area contributed by atoms with E-state index in [0.717, 1.165) is 54.8 Å². The Bertz CT molecular complexity index is 852. The molecule has 0 aliphatic heterocycles. The molecular weight excluding hydrogens is 452 g/mol. The Morgan fingerprint density at radius 2 is 1.80 bits per heavy atom. The van der Waals surface area contributed by atoms with Crippen molar-refractivity contribution in [1.82, 2.24) is 0 Å². The van der Waals surface area contributed by atoms with E-state index in [2.05, 4.69) is 40.7 Å². The van der Waals surface area contributed by atoms with Gasteiger partial charge in [0.05, 0.1) is 0 Å². The molecule has 0 aromatic carbocycles. The van der Waals surface area contributed by atoms with E-state index in [4.69, 9.17) is 16.3 Å². The van der Waals surface area contributed by atoms with Crippen LogP contribution in [0, 0.1) is 46.3 Å². The molecule has 8 atom stereocenters. The van der Waals surface area contributed by atoms with Crippen LogP contribution in [0.2, 0.25) is 0 Å². The first-order valence-corrected chi connectivity index (χ1v) is 15.1. The molecule has 3 heteroatoms. The summed E-state index contributed by atoms with van der Waals surface area (Å²) in [7, 11) is 0. The van der Waals surface area contributed by atoms with Crippen molar-refractivity contribution in [3.63, 3.8) is 0 Å². The van der Waals surface area contributed by atoms with Gasteiger partial charge in [-0.1, -0.05) is 77.1 Å². The Morgan fingerprint density at radius 1 is 1.06 bits per heavy atom. The quantitative estimate of drug-likeness (QED) is 0.197. The van der Waals surface area contributed by atoms with Crippen molar-refractivity contribution in [2.24, 2.45) is 46.3 Å². The molecule has 0 aromatic heterocycles. The van der Waals surface area contributed by atoms with Gasteiger partial charge in [-0.05, 0) is 105 Å². The second kappa shape index (κ2) is 10.5. The van der Waals surface area contributed by atoms with Gasteiger partial charge in [0.15, 0.2) is 0 Å². The molecule has 0 N–H and O–H groups in total. The maximum Gasteiger partial charge on any atom is 0.335 e. The highest BCUT2D eigenvalue weighted by Gasteiger charge is 2.59. The molecule has 0 aromatic rings. The first kappa shape index (κ1) is 27.3. The molecule has 3 saturated carbocycles. The number of halogens is 1. The number of esters is 1. The van der Waals surface area contributed by atoms with Crippen LogP contribution in [0.15, 0.2) is 22.3 Å². The summed E-state index contributed by atoms with van der Waals surface area (Å²) >= 11 is 6.04. The minimum atomic E-state index is -0.242. The van der Waals surface area contributed by atoms with Gasteiger partial charge in [-0.15, -0.1) is 0 Å². The average molecular weight is 503 g/mol. The van der Waals surface area contributed by atoms with Crippen molar-refractivity contribution >= 4 is 17.6 Å². The monoisotopic (exact) mass is 502 g/mol. The highest BCUT2D eigenvalue weighted by molar-refractivity contribution is 6.31. The Morgan fingerprint density at radius 3 is 2.49 bits per heavy atom. The number of ether oxygens (including phenoxy) is 1. The molecule has 0 radical (unpaired) electrons.